The smallest absolute Gasteiger partial charge is 0.315 e. The molecule has 1 unspecified atom stereocenters. The third kappa shape index (κ3) is 6.58. The molecule has 1 atom stereocenters. The maximum Gasteiger partial charge on any atom is 0.315 e. The highest BCUT2D eigenvalue weighted by molar-refractivity contribution is 5.87. The van der Waals surface area contributed by atoms with Crippen molar-refractivity contribution in [2.45, 2.75) is 53.1 Å². The number of nitrogens with one attached hydrogen (secondary N) is 3. The summed E-state index contributed by atoms with van der Waals surface area (Å²) in [5, 5.41) is 17.6. The van der Waals surface area contributed by atoms with Crippen LogP contribution in [0.1, 0.15) is 46.1 Å². The number of carbonyl (C=O) groups is 3. The Kier molecular flexibility index (Phi) is 8.78. The van der Waals surface area contributed by atoms with Gasteiger partial charge >= 0.3 is 12.0 Å². The average Bonchev–Trinajstić information content (AvgIpc) is 2.65. The second-order valence-corrected chi connectivity index (χ2v) is 7.04. The molecule has 0 bridgehead atoms. The van der Waals surface area contributed by atoms with Crippen LogP contribution in [0.5, 0.6) is 0 Å². The van der Waals surface area contributed by atoms with Crippen LogP contribution in [0.25, 0.3) is 0 Å². The molecule has 0 spiro atoms. The van der Waals surface area contributed by atoms with Gasteiger partial charge in [0.15, 0.2) is 0 Å². The highest BCUT2D eigenvalue weighted by Gasteiger charge is 2.36. The fourth-order valence-electron chi connectivity index (χ4n) is 2.75. The summed E-state index contributed by atoms with van der Waals surface area (Å²) in [6.07, 6.45) is 0.826. The van der Waals surface area contributed by atoms with Crippen LogP contribution in [0.2, 0.25) is 0 Å². The lowest BCUT2D eigenvalue weighted by Gasteiger charge is -2.29. The van der Waals surface area contributed by atoms with E-state index in [1.807, 2.05) is 44.2 Å². The third-order valence-corrected chi connectivity index (χ3v) is 4.94. The zero-order valence-corrected chi connectivity index (χ0v) is 16.5. The molecular formula is C20H31N3O4. The van der Waals surface area contributed by atoms with E-state index in [9.17, 15) is 19.5 Å². The van der Waals surface area contributed by atoms with Gasteiger partial charge in [0, 0.05) is 13.1 Å². The van der Waals surface area contributed by atoms with E-state index in [0.717, 1.165) is 5.56 Å². The quantitative estimate of drug-likeness (QED) is 0.502. The van der Waals surface area contributed by atoms with Crippen molar-refractivity contribution >= 4 is 17.9 Å². The van der Waals surface area contributed by atoms with E-state index in [0.29, 0.717) is 19.4 Å². The number of carbonyl (C=O) groups excluding carboxylic acids is 2. The van der Waals surface area contributed by atoms with Crippen LogP contribution in [0.4, 0.5) is 4.79 Å². The molecule has 1 aromatic rings. The molecule has 0 saturated heterocycles. The number of hydrogen-bond donors (Lipinski definition) is 4. The molecule has 0 heterocycles. The lowest BCUT2D eigenvalue weighted by Crippen LogP contribution is -2.54. The SMILES string of the molecule is CCC(CC)(CNC(=O)C(NC(=O)NCc1ccccc1)C(C)C)C(=O)O. The minimum atomic E-state index is -0.993. The Morgan fingerprint density at radius 1 is 1.04 bits per heavy atom. The van der Waals surface area contributed by atoms with Gasteiger partial charge in [0.1, 0.15) is 6.04 Å². The van der Waals surface area contributed by atoms with E-state index in [4.69, 9.17) is 0 Å². The number of rotatable bonds is 10. The summed E-state index contributed by atoms with van der Waals surface area (Å²) in [5.41, 5.74) is -0.0393. The number of urea groups is 1. The monoisotopic (exact) mass is 377 g/mol. The maximum atomic E-state index is 12.5. The van der Waals surface area contributed by atoms with E-state index in [-0.39, 0.29) is 18.4 Å². The van der Waals surface area contributed by atoms with Gasteiger partial charge in [0.2, 0.25) is 5.91 Å². The molecule has 0 saturated carbocycles. The van der Waals surface area contributed by atoms with E-state index in [2.05, 4.69) is 16.0 Å². The lowest BCUT2D eigenvalue weighted by atomic mass is 9.82. The van der Waals surface area contributed by atoms with Gasteiger partial charge in [0.25, 0.3) is 0 Å². The highest BCUT2D eigenvalue weighted by atomic mass is 16.4. The molecule has 7 nitrogen and oxygen atoms in total. The molecule has 0 aromatic heterocycles. The summed E-state index contributed by atoms with van der Waals surface area (Å²) in [5.74, 6) is -1.45. The van der Waals surface area contributed by atoms with Crippen molar-refractivity contribution < 1.29 is 19.5 Å². The van der Waals surface area contributed by atoms with Crippen LogP contribution >= 0.6 is 0 Å². The van der Waals surface area contributed by atoms with Crippen molar-refractivity contribution in [3.8, 4) is 0 Å². The minimum absolute atomic E-state index is 0.0324. The molecule has 3 amide bonds. The molecule has 0 fully saturated rings. The second kappa shape index (κ2) is 10.5. The molecule has 7 heteroatoms. The van der Waals surface area contributed by atoms with Gasteiger partial charge in [0.05, 0.1) is 5.41 Å². The molecule has 1 aromatic carbocycles. The number of aliphatic carboxylic acids is 1. The van der Waals surface area contributed by atoms with Crippen LogP contribution in [-0.2, 0) is 16.1 Å². The van der Waals surface area contributed by atoms with Crippen LogP contribution < -0.4 is 16.0 Å². The van der Waals surface area contributed by atoms with E-state index in [1.54, 1.807) is 13.8 Å². The molecule has 150 valence electrons. The first-order valence-corrected chi connectivity index (χ1v) is 9.35. The minimum Gasteiger partial charge on any atom is -0.481 e. The fourth-order valence-corrected chi connectivity index (χ4v) is 2.75. The molecule has 0 radical (unpaired) electrons. The predicted molar refractivity (Wildman–Crippen MR) is 104 cm³/mol. The van der Waals surface area contributed by atoms with Crippen molar-refractivity contribution in [1.29, 1.82) is 0 Å². The Morgan fingerprint density at radius 2 is 1.63 bits per heavy atom. The van der Waals surface area contributed by atoms with Crippen molar-refractivity contribution in [3.05, 3.63) is 35.9 Å². The van der Waals surface area contributed by atoms with Gasteiger partial charge in [-0.15, -0.1) is 0 Å². The normalized spacial score (nSPS) is 12.3. The zero-order valence-electron chi connectivity index (χ0n) is 16.5. The molecule has 1 rings (SSSR count). The standard InChI is InChI=1S/C20H31N3O4/c1-5-20(6-2,18(25)26)13-22-17(24)16(14(3)4)23-19(27)21-12-15-10-8-7-9-11-15/h7-11,14,16H,5-6,12-13H2,1-4H3,(H,22,24)(H,25,26)(H2,21,23,27). The molecule has 0 aliphatic heterocycles. The molecule has 0 aliphatic carbocycles. The number of carboxylic acid groups (broad SMARTS) is 1. The van der Waals surface area contributed by atoms with Crippen molar-refractivity contribution in [3.63, 3.8) is 0 Å². The molecule has 0 aliphatic rings. The van der Waals surface area contributed by atoms with Crippen LogP contribution in [0.3, 0.4) is 0 Å². The molecular weight excluding hydrogens is 346 g/mol. The van der Waals surface area contributed by atoms with E-state index < -0.39 is 23.5 Å². The summed E-state index contributed by atoms with van der Waals surface area (Å²) in [6, 6.07) is 8.27. The Morgan fingerprint density at radius 3 is 2.11 bits per heavy atom. The number of carboxylic acids is 1. The molecule has 4 N–H and O–H groups in total. The topological polar surface area (TPSA) is 108 Å². The summed E-state index contributed by atoms with van der Waals surface area (Å²) in [6.45, 7) is 7.62. The fraction of sp³-hybridized carbons (Fsp3) is 0.550. The summed E-state index contributed by atoms with van der Waals surface area (Å²) < 4.78 is 0. The number of benzene rings is 1. The summed E-state index contributed by atoms with van der Waals surface area (Å²) in [7, 11) is 0. The Balaban J connectivity index is 2.64. The maximum absolute atomic E-state index is 12.5. The largest absolute Gasteiger partial charge is 0.481 e. The third-order valence-electron chi connectivity index (χ3n) is 4.94. The van der Waals surface area contributed by atoms with Crippen molar-refractivity contribution in [1.82, 2.24) is 16.0 Å². The predicted octanol–water partition coefficient (Wildman–Crippen LogP) is 2.52. The lowest BCUT2D eigenvalue weighted by molar-refractivity contribution is -0.149. The van der Waals surface area contributed by atoms with Gasteiger partial charge in [-0.2, -0.15) is 0 Å². The average molecular weight is 377 g/mol. The number of hydrogen-bond acceptors (Lipinski definition) is 3. The zero-order chi connectivity index (χ0) is 20.4. The van der Waals surface area contributed by atoms with Gasteiger partial charge in [-0.1, -0.05) is 58.0 Å². The van der Waals surface area contributed by atoms with Crippen LogP contribution in [0.15, 0.2) is 30.3 Å². The summed E-state index contributed by atoms with van der Waals surface area (Å²) in [4.78, 5) is 36.3. The van der Waals surface area contributed by atoms with Gasteiger partial charge in [-0.25, -0.2) is 4.79 Å². The first-order valence-electron chi connectivity index (χ1n) is 9.35. The number of amides is 3. The van der Waals surface area contributed by atoms with Gasteiger partial charge < -0.3 is 21.1 Å². The first kappa shape index (κ1) is 22.5. The first-order chi connectivity index (χ1) is 12.8. The van der Waals surface area contributed by atoms with Crippen molar-refractivity contribution in [2.75, 3.05) is 6.54 Å². The second-order valence-electron chi connectivity index (χ2n) is 7.04. The van der Waals surface area contributed by atoms with E-state index >= 15 is 0 Å². The molecule has 27 heavy (non-hydrogen) atoms. The Bertz CT molecular complexity index is 627. The van der Waals surface area contributed by atoms with Gasteiger partial charge in [-0.05, 0) is 24.3 Å². The van der Waals surface area contributed by atoms with E-state index in [1.165, 1.54) is 0 Å². The highest BCUT2D eigenvalue weighted by Crippen LogP contribution is 2.25. The van der Waals surface area contributed by atoms with Crippen LogP contribution in [0, 0.1) is 11.3 Å². The summed E-state index contributed by atoms with van der Waals surface area (Å²) >= 11 is 0. The van der Waals surface area contributed by atoms with Crippen molar-refractivity contribution in [2.24, 2.45) is 11.3 Å². The van der Waals surface area contributed by atoms with Gasteiger partial charge in [-0.3, -0.25) is 9.59 Å². The van der Waals surface area contributed by atoms with Crippen LogP contribution in [-0.4, -0.2) is 35.6 Å². The Labute approximate surface area is 160 Å². The Hall–Kier alpha value is -2.57.